The van der Waals surface area contributed by atoms with E-state index in [1.807, 2.05) is 30.3 Å². The van der Waals surface area contributed by atoms with Crippen molar-refractivity contribution in [2.24, 2.45) is 0 Å². The third-order valence-electron chi connectivity index (χ3n) is 3.89. The summed E-state index contributed by atoms with van der Waals surface area (Å²) in [6.07, 6.45) is 3.50. The molecule has 0 saturated carbocycles. The quantitative estimate of drug-likeness (QED) is 0.871. The average Bonchev–Trinajstić information content (AvgIpc) is 2.75. The van der Waals surface area contributed by atoms with Crippen LogP contribution in [0, 0.1) is 0 Å². The molecule has 118 valence electrons. The van der Waals surface area contributed by atoms with Gasteiger partial charge in [-0.2, -0.15) is 0 Å². The molecule has 1 fully saturated rings. The first kappa shape index (κ1) is 18.0. The number of carbonyl (C=O) groups is 1. The maximum atomic E-state index is 12.0. The van der Waals surface area contributed by atoms with Crippen molar-refractivity contribution in [1.29, 1.82) is 0 Å². The van der Waals surface area contributed by atoms with Gasteiger partial charge in [0.25, 0.3) is 0 Å². The second-order valence-electron chi connectivity index (χ2n) is 5.51. The van der Waals surface area contributed by atoms with Crippen LogP contribution in [0.25, 0.3) is 0 Å². The second kappa shape index (κ2) is 9.77. The van der Waals surface area contributed by atoms with Gasteiger partial charge in [-0.3, -0.25) is 9.69 Å². The molecule has 0 bridgehead atoms. The number of hydrogen-bond acceptors (Lipinski definition) is 3. The molecule has 1 aliphatic rings. The second-order valence-corrected chi connectivity index (χ2v) is 5.51. The molecule has 1 aliphatic heterocycles. The van der Waals surface area contributed by atoms with Crippen LogP contribution in [0.5, 0.6) is 0 Å². The lowest BCUT2D eigenvalue weighted by atomic mass is 10.1. The third-order valence-corrected chi connectivity index (χ3v) is 3.89. The van der Waals surface area contributed by atoms with E-state index in [4.69, 9.17) is 0 Å². The first-order valence-electron chi connectivity index (χ1n) is 7.47. The molecule has 1 aromatic carbocycles. The number of nitrogens with zero attached hydrogens (tertiary/aromatic N) is 1. The number of benzene rings is 1. The molecular formula is C16H26ClN3O. The zero-order chi connectivity index (χ0) is 14.2. The van der Waals surface area contributed by atoms with Crippen molar-refractivity contribution in [2.45, 2.75) is 31.8 Å². The fourth-order valence-corrected chi connectivity index (χ4v) is 2.65. The summed E-state index contributed by atoms with van der Waals surface area (Å²) in [5.41, 5.74) is 1.14. The number of likely N-dealkylation sites (N-methyl/N-ethyl adjacent to an activating group) is 1. The van der Waals surface area contributed by atoms with Crippen molar-refractivity contribution in [3.8, 4) is 0 Å². The fourth-order valence-electron chi connectivity index (χ4n) is 2.65. The fraction of sp³-hybridized carbons (Fsp3) is 0.562. The Bertz CT molecular complexity index is 405. The van der Waals surface area contributed by atoms with Crippen LogP contribution in [0.15, 0.2) is 30.3 Å². The molecule has 0 radical (unpaired) electrons. The van der Waals surface area contributed by atoms with Gasteiger partial charge in [-0.1, -0.05) is 30.3 Å². The number of carbonyl (C=O) groups excluding carboxylic acids is 1. The molecule has 21 heavy (non-hydrogen) atoms. The summed E-state index contributed by atoms with van der Waals surface area (Å²) in [6.45, 7) is 3.25. The van der Waals surface area contributed by atoms with Gasteiger partial charge < -0.3 is 10.6 Å². The van der Waals surface area contributed by atoms with Gasteiger partial charge in [0, 0.05) is 12.6 Å². The van der Waals surface area contributed by atoms with E-state index in [9.17, 15) is 4.79 Å². The average molecular weight is 312 g/mol. The minimum absolute atomic E-state index is 0. The smallest absolute Gasteiger partial charge is 0.234 e. The standard InChI is InChI=1S/C16H25N3O.ClH/c1-19(15-8-5-10-17-11-9-15)13-16(20)18-12-14-6-3-2-4-7-14;/h2-4,6-7,15,17H,5,8-13H2,1H3,(H,18,20);1H. The van der Waals surface area contributed by atoms with Gasteiger partial charge in [-0.15, -0.1) is 12.4 Å². The van der Waals surface area contributed by atoms with Gasteiger partial charge in [0.1, 0.15) is 0 Å². The highest BCUT2D eigenvalue weighted by atomic mass is 35.5. The van der Waals surface area contributed by atoms with Gasteiger partial charge in [0.05, 0.1) is 6.54 Å². The van der Waals surface area contributed by atoms with Crippen molar-refractivity contribution in [3.05, 3.63) is 35.9 Å². The Balaban J connectivity index is 0.00000220. The van der Waals surface area contributed by atoms with Gasteiger partial charge in [-0.25, -0.2) is 0 Å². The normalized spacial score (nSPS) is 18.7. The van der Waals surface area contributed by atoms with Crippen molar-refractivity contribution in [3.63, 3.8) is 0 Å². The molecule has 0 aliphatic carbocycles. The van der Waals surface area contributed by atoms with E-state index in [0.717, 1.165) is 25.1 Å². The molecule has 2 rings (SSSR count). The maximum absolute atomic E-state index is 12.0. The largest absolute Gasteiger partial charge is 0.351 e. The van der Waals surface area contributed by atoms with Crippen LogP contribution in [-0.2, 0) is 11.3 Å². The molecule has 1 unspecified atom stereocenters. The van der Waals surface area contributed by atoms with E-state index in [1.165, 1.54) is 12.8 Å². The van der Waals surface area contributed by atoms with Gasteiger partial charge >= 0.3 is 0 Å². The van der Waals surface area contributed by atoms with Crippen LogP contribution in [0.3, 0.4) is 0 Å². The minimum atomic E-state index is 0. The Kier molecular flexibility index (Phi) is 8.35. The summed E-state index contributed by atoms with van der Waals surface area (Å²) in [5.74, 6) is 0.105. The Hall–Kier alpha value is -1.10. The van der Waals surface area contributed by atoms with Gasteiger partial charge in [0.15, 0.2) is 0 Å². The summed E-state index contributed by atoms with van der Waals surface area (Å²) in [4.78, 5) is 14.2. The highest BCUT2D eigenvalue weighted by Gasteiger charge is 2.18. The Morgan fingerprint density at radius 1 is 1.29 bits per heavy atom. The first-order chi connectivity index (χ1) is 9.75. The zero-order valence-corrected chi connectivity index (χ0v) is 13.5. The summed E-state index contributed by atoms with van der Waals surface area (Å²) in [5, 5.41) is 6.39. The molecule has 1 heterocycles. The van der Waals surface area contributed by atoms with Crippen LogP contribution in [0.4, 0.5) is 0 Å². The van der Waals surface area contributed by atoms with E-state index in [1.54, 1.807) is 0 Å². The van der Waals surface area contributed by atoms with Crippen molar-refractivity contribution in [2.75, 3.05) is 26.7 Å². The van der Waals surface area contributed by atoms with Crippen LogP contribution >= 0.6 is 12.4 Å². The maximum Gasteiger partial charge on any atom is 0.234 e. The van der Waals surface area contributed by atoms with Gasteiger partial charge in [0.2, 0.25) is 5.91 Å². The molecule has 1 saturated heterocycles. The van der Waals surface area contributed by atoms with Crippen LogP contribution in [0.1, 0.15) is 24.8 Å². The molecule has 1 atom stereocenters. The van der Waals surface area contributed by atoms with E-state index in [0.29, 0.717) is 19.1 Å². The third kappa shape index (κ3) is 6.46. The predicted molar refractivity (Wildman–Crippen MR) is 88.7 cm³/mol. The summed E-state index contributed by atoms with van der Waals surface area (Å²) in [7, 11) is 2.05. The lowest BCUT2D eigenvalue weighted by molar-refractivity contribution is -0.122. The SMILES string of the molecule is CN(CC(=O)NCc1ccccc1)C1CCCNCC1.Cl. The highest BCUT2D eigenvalue weighted by molar-refractivity contribution is 5.85. The van der Waals surface area contributed by atoms with E-state index in [2.05, 4.69) is 22.6 Å². The van der Waals surface area contributed by atoms with Crippen LogP contribution < -0.4 is 10.6 Å². The molecule has 1 amide bonds. The topological polar surface area (TPSA) is 44.4 Å². The molecule has 5 heteroatoms. The Morgan fingerprint density at radius 3 is 2.81 bits per heavy atom. The van der Waals surface area contributed by atoms with Crippen molar-refractivity contribution in [1.82, 2.24) is 15.5 Å². The number of amides is 1. The first-order valence-corrected chi connectivity index (χ1v) is 7.47. The van der Waals surface area contributed by atoms with Crippen LogP contribution in [-0.4, -0.2) is 43.5 Å². The van der Waals surface area contributed by atoms with Gasteiger partial charge in [-0.05, 0) is 45.0 Å². The highest BCUT2D eigenvalue weighted by Crippen LogP contribution is 2.11. The van der Waals surface area contributed by atoms with Crippen LogP contribution in [0.2, 0.25) is 0 Å². The van der Waals surface area contributed by atoms with Crippen molar-refractivity contribution < 1.29 is 4.79 Å². The molecular weight excluding hydrogens is 286 g/mol. The molecule has 0 spiro atoms. The predicted octanol–water partition coefficient (Wildman–Crippen LogP) is 1.80. The number of hydrogen-bond donors (Lipinski definition) is 2. The van der Waals surface area contributed by atoms with E-state index < -0.39 is 0 Å². The summed E-state index contributed by atoms with van der Waals surface area (Å²) >= 11 is 0. The number of nitrogens with one attached hydrogen (secondary N) is 2. The minimum Gasteiger partial charge on any atom is -0.351 e. The Morgan fingerprint density at radius 2 is 2.05 bits per heavy atom. The van der Waals surface area contributed by atoms with Crippen molar-refractivity contribution >= 4 is 18.3 Å². The molecule has 1 aromatic rings. The molecule has 0 aromatic heterocycles. The molecule has 2 N–H and O–H groups in total. The lowest BCUT2D eigenvalue weighted by Crippen LogP contribution is -2.40. The van der Waals surface area contributed by atoms with E-state index in [-0.39, 0.29) is 18.3 Å². The number of halogens is 1. The lowest BCUT2D eigenvalue weighted by Gasteiger charge is -2.26. The monoisotopic (exact) mass is 311 g/mol. The summed E-state index contributed by atoms with van der Waals surface area (Å²) in [6, 6.07) is 10.5. The van der Waals surface area contributed by atoms with E-state index >= 15 is 0 Å². The zero-order valence-electron chi connectivity index (χ0n) is 12.7. The Labute approximate surface area is 133 Å². The number of rotatable bonds is 5. The summed E-state index contributed by atoms with van der Waals surface area (Å²) < 4.78 is 0. The molecule has 4 nitrogen and oxygen atoms in total.